The van der Waals surface area contributed by atoms with E-state index in [4.69, 9.17) is 5.11 Å². The van der Waals surface area contributed by atoms with Crippen LogP contribution in [0, 0.1) is 0 Å². The molecule has 1 rings (SSSR count). The first-order valence-corrected chi connectivity index (χ1v) is 4.88. The van der Waals surface area contributed by atoms with Crippen LogP contribution in [0.15, 0.2) is 23.0 Å². The van der Waals surface area contributed by atoms with Crippen molar-refractivity contribution in [3.8, 4) is 0 Å². The number of aromatic nitrogens is 1. The van der Waals surface area contributed by atoms with E-state index < -0.39 is 42.5 Å². The molecule has 0 aliphatic rings. The number of hydrogen-bond donors (Lipinski definition) is 2. The Bertz CT molecular complexity index is 495. The fraction of sp³-hybridized carbons (Fsp3) is 0.400. The minimum Gasteiger partial charge on any atom is -0.481 e. The number of aliphatic carboxylic acids is 1. The van der Waals surface area contributed by atoms with Gasteiger partial charge in [0.2, 0.25) is 0 Å². The molecule has 1 aromatic rings. The average Bonchev–Trinajstić information content (AvgIpc) is 2.18. The summed E-state index contributed by atoms with van der Waals surface area (Å²) in [6.45, 7) is -0.721. The molecule has 0 amide bonds. The van der Waals surface area contributed by atoms with Crippen molar-refractivity contribution >= 4 is 5.97 Å². The molecule has 0 aromatic carbocycles. The largest absolute Gasteiger partial charge is 0.481 e. The number of aliphatic hydroxyl groups excluding tert-OH is 1. The molecule has 1 unspecified atom stereocenters. The molecule has 0 saturated carbocycles. The van der Waals surface area contributed by atoms with E-state index in [1.54, 1.807) is 0 Å². The zero-order chi connectivity index (χ0) is 13.9. The Balaban J connectivity index is 3.08. The molecule has 0 spiro atoms. The normalized spacial score (nSPS) is 13.3. The fourth-order valence-corrected chi connectivity index (χ4v) is 1.43. The van der Waals surface area contributed by atoms with Gasteiger partial charge in [0.25, 0.3) is 5.56 Å². The second kappa shape index (κ2) is 5.21. The van der Waals surface area contributed by atoms with Crippen LogP contribution in [0.25, 0.3) is 0 Å². The molecule has 1 heterocycles. The molecule has 0 fully saturated rings. The lowest BCUT2D eigenvalue weighted by Gasteiger charge is -2.17. The number of pyridine rings is 1. The van der Waals surface area contributed by atoms with Crippen molar-refractivity contribution in [2.24, 2.45) is 0 Å². The molecule has 0 radical (unpaired) electrons. The topological polar surface area (TPSA) is 79.5 Å². The van der Waals surface area contributed by atoms with Crippen LogP contribution in [0.2, 0.25) is 0 Å². The number of nitrogens with zero attached hydrogens (tertiary/aromatic N) is 1. The number of carbonyl (C=O) groups is 1. The lowest BCUT2D eigenvalue weighted by molar-refractivity contribution is -0.145. The SMILES string of the molecule is O=C(O)CC(O)Cn1c(C(F)(F)F)cccc1=O. The molecule has 0 saturated heterocycles. The van der Waals surface area contributed by atoms with Gasteiger partial charge in [-0.25, -0.2) is 0 Å². The predicted molar refractivity (Wildman–Crippen MR) is 54.0 cm³/mol. The van der Waals surface area contributed by atoms with Gasteiger partial charge in [-0.15, -0.1) is 0 Å². The van der Waals surface area contributed by atoms with Gasteiger partial charge in [0.1, 0.15) is 5.69 Å². The summed E-state index contributed by atoms with van der Waals surface area (Å²) in [5.74, 6) is -1.36. The minimum atomic E-state index is -4.75. The fourth-order valence-electron chi connectivity index (χ4n) is 1.43. The molecule has 1 aromatic heterocycles. The quantitative estimate of drug-likeness (QED) is 0.840. The van der Waals surface area contributed by atoms with Gasteiger partial charge in [-0.05, 0) is 6.07 Å². The van der Waals surface area contributed by atoms with E-state index in [1.165, 1.54) is 0 Å². The molecule has 5 nitrogen and oxygen atoms in total. The molecule has 0 bridgehead atoms. The van der Waals surface area contributed by atoms with Crippen LogP contribution in [0.4, 0.5) is 13.2 Å². The number of carboxylic acids is 1. The van der Waals surface area contributed by atoms with Crippen molar-refractivity contribution in [2.45, 2.75) is 25.2 Å². The molecular weight excluding hydrogens is 255 g/mol. The third-order valence-electron chi connectivity index (χ3n) is 2.14. The maximum absolute atomic E-state index is 12.6. The number of rotatable bonds is 4. The van der Waals surface area contributed by atoms with Gasteiger partial charge in [0.15, 0.2) is 0 Å². The highest BCUT2D eigenvalue weighted by Crippen LogP contribution is 2.28. The van der Waals surface area contributed by atoms with Crippen LogP contribution in [0.5, 0.6) is 0 Å². The van der Waals surface area contributed by atoms with E-state index >= 15 is 0 Å². The summed E-state index contributed by atoms with van der Waals surface area (Å²) in [4.78, 5) is 21.6. The van der Waals surface area contributed by atoms with E-state index in [0.717, 1.165) is 12.1 Å². The number of hydrogen-bond acceptors (Lipinski definition) is 3. The van der Waals surface area contributed by atoms with Gasteiger partial charge in [-0.2, -0.15) is 13.2 Å². The molecule has 0 aliphatic carbocycles. The summed E-state index contributed by atoms with van der Waals surface area (Å²) < 4.78 is 38.1. The molecule has 18 heavy (non-hydrogen) atoms. The maximum Gasteiger partial charge on any atom is 0.431 e. The molecular formula is C10H10F3NO4. The zero-order valence-corrected chi connectivity index (χ0v) is 9.02. The van der Waals surface area contributed by atoms with Gasteiger partial charge in [0, 0.05) is 6.07 Å². The Morgan fingerprint density at radius 2 is 2.00 bits per heavy atom. The summed E-state index contributed by atoms with van der Waals surface area (Å²) in [6.07, 6.45) is -7.05. The van der Waals surface area contributed by atoms with Crippen molar-refractivity contribution in [1.29, 1.82) is 0 Å². The van der Waals surface area contributed by atoms with E-state index in [-0.39, 0.29) is 0 Å². The summed E-state index contributed by atoms with van der Waals surface area (Å²) in [5, 5.41) is 17.7. The monoisotopic (exact) mass is 265 g/mol. The van der Waals surface area contributed by atoms with Crippen LogP contribution in [0.3, 0.4) is 0 Å². The number of alkyl halides is 3. The average molecular weight is 265 g/mol. The maximum atomic E-state index is 12.6. The Morgan fingerprint density at radius 3 is 2.50 bits per heavy atom. The molecule has 2 N–H and O–H groups in total. The molecule has 8 heteroatoms. The standard InChI is InChI=1S/C10H10F3NO4/c11-10(12,13)7-2-1-3-8(16)14(7)5-6(15)4-9(17)18/h1-3,6,15H,4-5H2,(H,17,18). The second-order valence-corrected chi connectivity index (χ2v) is 3.61. The van der Waals surface area contributed by atoms with Gasteiger partial charge in [-0.3, -0.25) is 9.59 Å². The number of carboxylic acid groups (broad SMARTS) is 1. The number of aliphatic hydroxyl groups is 1. The first-order valence-electron chi connectivity index (χ1n) is 4.88. The van der Waals surface area contributed by atoms with Crippen LogP contribution < -0.4 is 5.56 Å². The van der Waals surface area contributed by atoms with E-state index in [2.05, 4.69) is 0 Å². The summed E-state index contributed by atoms with van der Waals surface area (Å²) in [7, 11) is 0. The highest BCUT2D eigenvalue weighted by atomic mass is 19.4. The van der Waals surface area contributed by atoms with Crippen molar-refractivity contribution < 1.29 is 28.2 Å². The van der Waals surface area contributed by atoms with E-state index in [1.807, 2.05) is 0 Å². The van der Waals surface area contributed by atoms with Crippen molar-refractivity contribution in [3.05, 3.63) is 34.2 Å². The summed E-state index contributed by atoms with van der Waals surface area (Å²) >= 11 is 0. The second-order valence-electron chi connectivity index (χ2n) is 3.61. The van der Waals surface area contributed by atoms with Crippen LogP contribution in [0.1, 0.15) is 12.1 Å². The Kier molecular flexibility index (Phi) is 4.12. The lowest BCUT2D eigenvalue weighted by Crippen LogP contribution is -2.32. The Morgan fingerprint density at radius 1 is 1.39 bits per heavy atom. The number of halogens is 3. The van der Waals surface area contributed by atoms with Gasteiger partial charge in [0.05, 0.1) is 19.1 Å². The van der Waals surface area contributed by atoms with Crippen molar-refractivity contribution in [1.82, 2.24) is 4.57 Å². The van der Waals surface area contributed by atoms with Crippen LogP contribution in [-0.2, 0) is 17.5 Å². The Hall–Kier alpha value is -1.83. The smallest absolute Gasteiger partial charge is 0.431 e. The lowest BCUT2D eigenvalue weighted by atomic mass is 10.2. The first-order chi connectivity index (χ1) is 8.21. The van der Waals surface area contributed by atoms with E-state index in [0.29, 0.717) is 10.6 Å². The van der Waals surface area contributed by atoms with Crippen molar-refractivity contribution in [2.75, 3.05) is 0 Å². The van der Waals surface area contributed by atoms with Gasteiger partial charge in [-0.1, -0.05) is 6.07 Å². The third-order valence-corrected chi connectivity index (χ3v) is 2.14. The molecule has 1 atom stereocenters. The Labute approximate surface area is 99.1 Å². The van der Waals surface area contributed by atoms with Crippen LogP contribution >= 0.6 is 0 Å². The highest BCUT2D eigenvalue weighted by molar-refractivity contribution is 5.67. The van der Waals surface area contributed by atoms with Gasteiger partial charge < -0.3 is 14.8 Å². The van der Waals surface area contributed by atoms with Crippen molar-refractivity contribution in [3.63, 3.8) is 0 Å². The highest BCUT2D eigenvalue weighted by Gasteiger charge is 2.34. The summed E-state index contributed by atoms with van der Waals surface area (Å²) in [6, 6.07) is 2.54. The van der Waals surface area contributed by atoms with E-state index in [9.17, 15) is 27.9 Å². The minimum absolute atomic E-state index is 0.313. The molecule has 0 aliphatic heterocycles. The zero-order valence-electron chi connectivity index (χ0n) is 9.02. The van der Waals surface area contributed by atoms with Crippen LogP contribution in [-0.4, -0.2) is 26.9 Å². The third kappa shape index (κ3) is 3.59. The predicted octanol–water partition coefficient (Wildman–Crippen LogP) is 0.703. The van der Waals surface area contributed by atoms with Gasteiger partial charge >= 0.3 is 12.1 Å². The summed E-state index contributed by atoms with van der Waals surface area (Å²) in [5.41, 5.74) is -2.17. The molecule has 100 valence electrons. The first kappa shape index (κ1) is 14.2.